The molecule has 1 amide bonds. The van der Waals surface area contributed by atoms with Crippen LogP contribution in [-0.2, 0) is 16.0 Å². The molecule has 1 aliphatic heterocycles. The fourth-order valence-electron chi connectivity index (χ4n) is 4.35. The molecule has 0 aliphatic carbocycles. The Balaban J connectivity index is 0.00000441. The van der Waals surface area contributed by atoms with E-state index in [1.54, 1.807) is 12.1 Å². The number of nitrogens with one attached hydrogen (secondary N) is 2. The minimum atomic E-state index is -0.883. The topological polar surface area (TPSA) is 96.2 Å². The molecule has 40 heavy (non-hydrogen) atoms. The number of anilines is 1. The lowest BCUT2D eigenvalue weighted by Crippen LogP contribution is -2.43. The van der Waals surface area contributed by atoms with Crippen molar-refractivity contribution in [3.05, 3.63) is 77.6 Å². The summed E-state index contributed by atoms with van der Waals surface area (Å²) in [6.07, 6.45) is 1.29. The van der Waals surface area contributed by atoms with Crippen LogP contribution in [0, 0.1) is 0 Å². The highest BCUT2D eigenvalue weighted by Gasteiger charge is 2.24. The Kier molecular flexibility index (Phi) is 12.2. The van der Waals surface area contributed by atoms with Gasteiger partial charge >= 0.3 is 5.97 Å². The van der Waals surface area contributed by atoms with Gasteiger partial charge in [-0.2, -0.15) is 0 Å². The van der Waals surface area contributed by atoms with Crippen molar-refractivity contribution in [3.8, 4) is 11.3 Å². The minimum Gasteiger partial charge on any atom is -0.467 e. The summed E-state index contributed by atoms with van der Waals surface area (Å²) in [5.74, 6) is 1.48. The molecule has 3 aromatic rings. The third kappa shape index (κ3) is 8.16. The van der Waals surface area contributed by atoms with Crippen molar-refractivity contribution in [2.75, 3.05) is 49.9 Å². The molecular formula is C29H33Cl3N4O4. The Labute approximate surface area is 250 Å². The zero-order chi connectivity index (χ0) is 27.6. The van der Waals surface area contributed by atoms with Gasteiger partial charge in [0.15, 0.2) is 5.76 Å². The lowest BCUT2D eigenvalue weighted by atomic mass is 10.0. The van der Waals surface area contributed by atoms with Crippen molar-refractivity contribution in [2.24, 2.45) is 4.99 Å². The number of hydrogen-bond donors (Lipinski definition) is 2. The Bertz CT molecular complexity index is 1270. The van der Waals surface area contributed by atoms with E-state index in [1.165, 1.54) is 7.11 Å². The van der Waals surface area contributed by atoms with Crippen molar-refractivity contribution in [3.63, 3.8) is 0 Å². The number of carbonyl (C=O) groups excluding carboxylic acids is 2. The molecule has 1 aromatic heterocycles. The van der Waals surface area contributed by atoms with Crippen LogP contribution in [0.3, 0.4) is 0 Å². The molecule has 0 fully saturated rings. The molecular weight excluding hydrogens is 575 g/mol. The number of amidine groups is 1. The van der Waals surface area contributed by atoms with Crippen molar-refractivity contribution < 1.29 is 18.7 Å². The minimum absolute atomic E-state index is 0. The van der Waals surface area contributed by atoms with E-state index in [0.29, 0.717) is 30.6 Å². The first kappa shape index (κ1) is 31.3. The van der Waals surface area contributed by atoms with E-state index in [4.69, 9.17) is 32.4 Å². The van der Waals surface area contributed by atoms with Crippen LogP contribution < -0.4 is 15.5 Å². The SMILES string of the molecule is COC(=O)C(Cc1ccc(N(CCCl)CCCl)cc1)NC(=O)c1ccc(-c2ccc(C3=NCCCN3)cc2)o1.Cl. The molecule has 2 aromatic carbocycles. The van der Waals surface area contributed by atoms with E-state index >= 15 is 0 Å². The molecule has 214 valence electrons. The van der Waals surface area contributed by atoms with Crippen LogP contribution in [0.25, 0.3) is 11.3 Å². The Morgan fingerprint density at radius 1 is 1.02 bits per heavy atom. The summed E-state index contributed by atoms with van der Waals surface area (Å²) < 4.78 is 10.8. The second-order valence-electron chi connectivity index (χ2n) is 9.04. The highest BCUT2D eigenvalue weighted by Crippen LogP contribution is 2.23. The first-order valence-electron chi connectivity index (χ1n) is 12.9. The number of alkyl halides is 2. The van der Waals surface area contributed by atoms with Gasteiger partial charge in [0.2, 0.25) is 0 Å². The number of hydrogen-bond acceptors (Lipinski definition) is 7. The average Bonchev–Trinajstić information content (AvgIpc) is 3.48. The van der Waals surface area contributed by atoms with Gasteiger partial charge in [0.05, 0.1) is 7.11 Å². The van der Waals surface area contributed by atoms with E-state index in [2.05, 4.69) is 20.5 Å². The quantitative estimate of drug-likeness (QED) is 0.225. The van der Waals surface area contributed by atoms with Crippen molar-refractivity contribution >= 4 is 59.0 Å². The number of carbonyl (C=O) groups is 2. The maximum atomic E-state index is 13.0. The molecule has 4 rings (SSSR count). The van der Waals surface area contributed by atoms with Crippen LogP contribution in [0.2, 0.25) is 0 Å². The first-order chi connectivity index (χ1) is 19.0. The Morgan fingerprint density at radius 2 is 1.70 bits per heavy atom. The summed E-state index contributed by atoms with van der Waals surface area (Å²) in [5, 5.41) is 6.06. The van der Waals surface area contributed by atoms with Crippen LogP contribution in [0.4, 0.5) is 5.69 Å². The van der Waals surface area contributed by atoms with Crippen LogP contribution in [0.15, 0.2) is 70.1 Å². The van der Waals surface area contributed by atoms with Gasteiger partial charge < -0.3 is 24.7 Å². The maximum Gasteiger partial charge on any atom is 0.328 e. The second-order valence-corrected chi connectivity index (χ2v) is 9.79. The number of esters is 1. The van der Waals surface area contributed by atoms with E-state index in [0.717, 1.165) is 47.7 Å². The summed E-state index contributed by atoms with van der Waals surface area (Å²) in [6.45, 7) is 3.09. The molecule has 0 spiro atoms. The molecule has 1 unspecified atom stereocenters. The van der Waals surface area contributed by atoms with E-state index in [9.17, 15) is 9.59 Å². The summed E-state index contributed by atoms with van der Waals surface area (Å²) in [4.78, 5) is 32.1. The fourth-order valence-corrected chi connectivity index (χ4v) is 4.76. The molecule has 8 nitrogen and oxygen atoms in total. The van der Waals surface area contributed by atoms with Crippen molar-refractivity contribution in [1.29, 1.82) is 0 Å². The highest BCUT2D eigenvalue weighted by molar-refractivity contribution is 6.18. The Morgan fingerprint density at radius 3 is 2.30 bits per heavy atom. The number of rotatable bonds is 12. The average molecular weight is 608 g/mol. The van der Waals surface area contributed by atoms with Gasteiger partial charge in [-0.1, -0.05) is 36.4 Å². The summed E-state index contributed by atoms with van der Waals surface area (Å²) >= 11 is 11.8. The molecule has 0 saturated carbocycles. The lowest BCUT2D eigenvalue weighted by molar-refractivity contribution is -0.142. The molecule has 0 bridgehead atoms. The highest BCUT2D eigenvalue weighted by atomic mass is 35.5. The largest absolute Gasteiger partial charge is 0.467 e. The van der Waals surface area contributed by atoms with Crippen molar-refractivity contribution in [2.45, 2.75) is 18.9 Å². The lowest BCUT2D eigenvalue weighted by Gasteiger charge is -2.23. The second kappa shape index (κ2) is 15.6. The van der Waals surface area contributed by atoms with Crippen LogP contribution in [0.5, 0.6) is 0 Å². The molecule has 2 heterocycles. The predicted octanol–water partition coefficient (Wildman–Crippen LogP) is 4.91. The number of halogens is 3. The van der Waals surface area contributed by atoms with Crippen LogP contribution in [0.1, 0.15) is 28.1 Å². The summed E-state index contributed by atoms with van der Waals surface area (Å²) in [6, 6.07) is 18.0. The third-order valence-corrected chi connectivity index (χ3v) is 6.75. The number of methoxy groups -OCH3 is 1. The normalized spacial score (nSPS) is 13.3. The van der Waals surface area contributed by atoms with Gasteiger partial charge in [-0.3, -0.25) is 9.79 Å². The maximum absolute atomic E-state index is 13.0. The number of amides is 1. The molecule has 0 saturated heterocycles. The molecule has 1 atom stereocenters. The first-order valence-corrected chi connectivity index (χ1v) is 13.9. The Hall–Kier alpha value is -3.20. The third-order valence-electron chi connectivity index (χ3n) is 6.41. The predicted molar refractivity (Wildman–Crippen MR) is 162 cm³/mol. The van der Waals surface area contributed by atoms with Crippen LogP contribution in [-0.4, -0.2) is 68.8 Å². The van der Waals surface area contributed by atoms with Gasteiger partial charge in [-0.25, -0.2) is 4.79 Å². The number of aliphatic imine (C=N–C) groups is 1. The molecule has 11 heteroatoms. The number of furan rings is 1. The van der Waals surface area contributed by atoms with E-state index in [-0.39, 0.29) is 24.6 Å². The molecule has 0 radical (unpaired) electrons. The zero-order valence-electron chi connectivity index (χ0n) is 22.2. The summed E-state index contributed by atoms with van der Waals surface area (Å²) in [5.41, 5.74) is 3.68. The van der Waals surface area contributed by atoms with E-state index in [1.807, 2.05) is 48.5 Å². The van der Waals surface area contributed by atoms with Gasteiger partial charge in [-0.05, 0) is 36.2 Å². The van der Waals surface area contributed by atoms with E-state index < -0.39 is 17.9 Å². The number of ether oxygens (including phenoxy) is 1. The zero-order valence-corrected chi connectivity index (χ0v) is 24.5. The van der Waals surface area contributed by atoms with Gasteiger partial charge in [-0.15, -0.1) is 35.6 Å². The monoisotopic (exact) mass is 606 g/mol. The smallest absolute Gasteiger partial charge is 0.328 e. The van der Waals surface area contributed by atoms with Crippen LogP contribution >= 0.6 is 35.6 Å². The van der Waals surface area contributed by atoms with Crippen molar-refractivity contribution in [1.82, 2.24) is 10.6 Å². The van der Waals surface area contributed by atoms with Gasteiger partial charge in [0.1, 0.15) is 17.6 Å². The van der Waals surface area contributed by atoms with Gasteiger partial charge in [0.25, 0.3) is 5.91 Å². The van der Waals surface area contributed by atoms with Gasteiger partial charge in [0, 0.05) is 61.2 Å². The molecule has 1 aliphatic rings. The standard InChI is InChI=1S/C29H32Cl2N4O4.ClH/c1-38-29(37)24(19-20-3-9-23(10-4-20)35(17-13-30)18-14-31)34-28(36)26-12-11-25(39-26)21-5-7-22(8-6-21)27-32-15-2-16-33-27;/h3-12,24H,2,13-19H2,1H3,(H,32,33)(H,34,36);1H. The fraction of sp³-hybridized carbons (Fsp3) is 0.345. The number of benzene rings is 2. The molecule has 2 N–H and O–H groups in total. The number of nitrogens with zero attached hydrogens (tertiary/aromatic N) is 2. The summed E-state index contributed by atoms with van der Waals surface area (Å²) in [7, 11) is 1.30.